The second-order valence-electron chi connectivity index (χ2n) is 6.97. The van der Waals surface area contributed by atoms with Crippen LogP contribution in [-0.2, 0) is 5.54 Å². The molecule has 4 rings (SSSR count). The number of aromatic amines is 2. The van der Waals surface area contributed by atoms with Crippen molar-refractivity contribution >= 4 is 24.8 Å². The molecule has 10 heteroatoms. The number of hydrogen-bond acceptors (Lipinski definition) is 6. The molecule has 2 heterocycles. The third-order valence-corrected chi connectivity index (χ3v) is 5.19. The Morgan fingerprint density at radius 3 is 1.44 bits per heavy atom. The minimum Gasteiger partial charge on any atom is -0.497 e. The van der Waals surface area contributed by atoms with Crippen LogP contribution in [0.25, 0.3) is 22.5 Å². The van der Waals surface area contributed by atoms with Gasteiger partial charge >= 0.3 is 0 Å². The maximum atomic E-state index is 6.68. The van der Waals surface area contributed by atoms with Gasteiger partial charge in [-0.25, -0.2) is 0 Å². The van der Waals surface area contributed by atoms with Crippen molar-refractivity contribution in [3.63, 3.8) is 0 Å². The number of halogens is 2. The summed E-state index contributed by atoms with van der Waals surface area (Å²) in [6.45, 7) is 0.146. The number of rotatable bonds is 7. The summed E-state index contributed by atoms with van der Waals surface area (Å²) in [5.41, 5.74) is 16.6. The highest BCUT2D eigenvalue weighted by Gasteiger charge is 2.34. The molecule has 0 unspecified atom stereocenters. The predicted molar refractivity (Wildman–Crippen MR) is 130 cm³/mol. The molecule has 0 aliphatic rings. The van der Waals surface area contributed by atoms with E-state index in [1.807, 2.05) is 60.7 Å². The largest absolute Gasteiger partial charge is 0.497 e. The zero-order valence-electron chi connectivity index (χ0n) is 17.7. The van der Waals surface area contributed by atoms with Crippen molar-refractivity contribution in [2.24, 2.45) is 11.5 Å². The Balaban J connectivity index is 0.00000181. The molecule has 0 aliphatic heterocycles. The van der Waals surface area contributed by atoms with Crippen LogP contribution < -0.4 is 20.9 Å². The summed E-state index contributed by atoms with van der Waals surface area (Å²) >= 11 is 0. The number of H-pyrrole nitrogens is 2. The maximum absolute atomic E-state index is 6.68. The van der Waals surface area contributed by atoms with E-state index in [1.165, 1.54) is 0 Å². The monoisotopic (exact) mass is 476 g/mol. The van der Waals surface area contributed by atoms with Gasteiger partial charge in [0.05, 0.1) is 37.0 Å². The molecule has 0 saturated carbocycles. The minimum absolute atomic E-state index is 0. The Bertz CT molecular complexity index is 1040. The molecule has 0 spiro atoms. The molecule has 32 heavy (non-hydrogen) atoms. The van der Waals surface area contributed by atoms with E-state index in [2.05, 4.69) is 20.4 Å². The first-order valence-electron chi connectivity index (χ1n) is 9.47. The lowest BCUT2D eigenvalue weighted by Crippen LogP contribution is -2.45. The van der Waals surface area contributed by atoms with Crippen molar-refractivity contribution in [2.45, 2.75) is 5.54 Å². The van der Waals surface area contributed by atoms with Crippen LogP contribution in [0.15, 0.2) is 60.7 Å². The fourth-order valence-electron chi connectivity index (χ4n) is 3.28. The summed E-state index contributed by atoms with van der Waals surface area (Å²) in [4.78, 5) is 0. The van der Waals surface area contributed by atoms with Gasteiger partial charge in [-0.15, -0.1) is 24.8 Å². The van der Waals surface area contributed by atoms with E-state index in [0.717, 1.165) is 34.0 Å². The molecule has 0 amide bonds. The smallest absolute Gasteiger partial charge is 0.118 e. The fourth-order valence-corrected chi connectivity index (χ4v) is 3.28. The van der Waals surface area contributed by atoms with E-state index in [9.17, 15) is 0 Å². The van der Waals surface area contributed by atoms with Gasteiger partial charge in [0.25, 0.3) is 0 Å². The van der Waals surface area contributed by atoms with Crippen molar-refractivity contribution < 1.29 is 9.47 Å². The van der Waals surface area contributed by atoms with Gasteiger partial charge in [-0.05, 0) is 71.8 Å². The normalized spacial score (nSPS) is 10.8. The minimum atomic E-state index is -1.04. The average molecular weight is 477 g/mol. The molecule has 0 radical (unpaired) electrons. The van der Waals surface area contributed by atoms with Crippen LogP contribution in [0.1, 0.15) is 11.4 Å². The Morgan fingerprint density at radius 1 is 0.750 bits per heavy atom. The molecule has 0 saturated heterocycles. The fraction of sp³-hybridized carbons (Fsp3) is 0.182. The molecule has 0 aliphatic carbocycles. The molecule has 0 fully saturated rings. The molecule has 2 aromatic carbocycles. The maximum Gasteiger partial charge on any atom is 0.118 e. The predicted octanol–water partition coefficient (Wildman–Crippen LogP) is 3.49. The molecule has 170 valence electrons. The molecule has 0 bridgehead atoms. The lowest BCUT2D eigenvalue weighted by Gasteiger charge is -2.23. The number of nitrogens with two attached hydrogens (primary N) is 2. The van der Waals surface area contributed by atoms with Crippen LogP contribution in [0.5, 0.6) is 11.5 Å². The van der Waals surface area contributed by atoms with E-state index in [0.29, 0.717) is 11.4 Å². The summed E-state index contributed by atoms with van der Waals surface area (Å²) in [6.07, 6.45) is 0. The van der Waals surface area contributed by atoms with E-state index in [-0.39, 0.29) is 31.4 Å². The van der Waals surface area contributed by atoms with Gasteiger partial charge in [0.2, 0.25) is 0 Å². The Labute approximate surface area is 198 Å². The SMILES string of the molecule is COc1ccc(-c2cc(C(N)(CN)c3cc(-c4ccc(OC)cc4)[nH]n3)n[nH]2)cc1.Cl.Cl. The summed E-state index contributed by atoms with van der Waals surface area (Å²) in [6, 6.07) is 19.2. The van der Waals surface area contributed by atoms with Crippen LogP contribution in [0.2, 0.25) is 0 Å². The second-order valence-corrected chi connectivity index (χ2v) is 6.97. The van der Waals surface area contributed by atoms with Gasteiger partial charge in [0.1, 0.15) is 17.0 Å². The van der Waals surface area contributed by atoms with Crippen LogP contribution in [0, 0.1) is 0 Å². The van der Waals surface area contributed by atoms with Crippen LogP contribution in [-0.4, -0.2) is 41.2 Å². The zero-order chi connectivity index (χ0) is 21.1. The number of ether oxygens (including phenoxy) is 2. The first kappa shape index (κ1) is 25.2. The van der Waals surface area contributed by atoms with Gasteiger partial charge in [-0.1, -0.05) is 0 Å². The average Bonchev–Trinajstić information content (AvgIpc) is 3.50. The van der Waals surface area contributed by atoms with E-state index < -0.39 is 5.54 Å². The summed E-state index contributed by atoms with van der Waals surface area (Å²) in [5, 5.41) is 14.9. The van der Waals surface area contributed by atoms with Gasteiger partial charge in [-0.2, -0.15) is 10.2 Å². The second kappa shape index (κ2) is 10.5. The summed E-state index contributed by atoms with van der Waals surface area (Å²) in [7, 11) is 3.27. The standard InChI is InChI=1S/C22H24N6O2.2ClH/c1-29-16-7-3-14(4-8-16)18-11-20(27-25-18)22(24,13-23)21-12-19(26-28-21)15-5-9-17(30-2)10-6-15;;/h3-12H,13,23-24H2,1-2H3,(H,25,27)(H,26,28);2*1H. The van der Waals surface area contributed by atoms with E-state index in [4.69, 9.17) is 20.9 Å². The van der Waals surface area contributed by atoms with Gasteiger partial charge in [-0.3, -0.25) is 10.2 Å². The molecule has 2 aromatic heterocycles. The lowest BCUT2D eigenvalue weighted by molar-refractivity contribution is 0.415. The van der Waals surface area contributed by atoms with Crippen LogP contribution in [0.4, 0.5) is 0 Å². The number of hydrogen-bond donors (Lipinski definition) is 4. The third kappa shape index (κ3) is 4.73. The first-order valence-corrected chi connectivity index (χ1v) is 9.47. The number of benzene rings is 2. The third-order valence-electron chi connectivity index (χ3n) is 5.19. The number of nitrogens with zero attached hydrogens (tertiary/aromatic N) is 2. The lowest BCUT2D eigenvalue weighted by atomic mass is 9.91. The zero-order valence-corrected chi connectivity index (χ0v) is 19.3. The summed E-state index contributed by atoms with van der Waals surface area (Å²) < 4.78 is 10.4. The number of aromatic nitrogens is 4. The molecule has 6 N–H and O–H groups in total. The van der Waals surface area contributed by atoms with Crippen molar-refractivity contribution in [3.05, 3.63) is 72.1 Å². The molecule has 8 nitrogen and oxygen atoms in total. The molecular weight excluding hydrogens is 451 g/mol. The van der Waals surface area contributed by atoms with Crippen LogP contribution >= 0.6 is 24.8 Å². The van der Waals surface area contributed by atoms with Crippen molar-refractivity contribution in [2.75, 3.05) is 20.8 Å². The summed E-state index contributed by atoms with van der Waals surface area (Å²) in [5.74, 6) is 1.58. The molecular formula is C22H26Cl2N6O2. The van der Waals surface area contributed by atoms with Gasteiger partial charge in [0, 0.05) is 6.54 Å². The molecule has 4 aromatic rings. The van der Waals surface area contributed by atoms with Crippen LogP contribution in [0.3, 0.4) is 0 Å². The van der Waals surface area contributed by atoms with E-state index in [1.54, 1.807) is 14.2 Å². The van der Waals surface area contributed by atoms with E-state index >= 15 is 0 Å². The number of methoxy groups -OCH3 is 2. The van der Waals surface area contributed by atoms with Gasteiger partial charge < -0.3 is 20.9 Å². The highest BCUT2D eigenvalue weighted by molar-refractivity contribution is 5.85. The highest BCUT2D eigenvalue weighted by Crippen LogP contribution is 2.30. The number of nitrogens with one attached hydrogen (secondary N) is 2. The topological polar surface area (TPSA) is 128 Å². The van der Waals surface area contributed by atoms with Crippen molar-refractivity contribution in [1.82, 2.24) is 20.4 Å². The molecule has 0 atom stereocenters. The quantitative estimate of drug-likeness (QED) is 0.323. The highest BCUT2D eigenvalue weighted by atomic mass is 35.5. The Hall–Kier alpha value is -3.04. The van der Waals surface area contributed by atoms with Crippen molar-refractivity contribution in [1.29, 1.82) is 0 Å². The Kier molecular flexibility index (Phi) is 8.29. The van der Waals surface area contributed by atoms with Crippen molar-refractivity contribution in [3.8, 4) is 34.0 Å². The first-order chi connectivity index (χ1) is 14.6. The van der Waals surface area contributed by atoms with Gasteiger partial charge in [0.15, 0.2) is 0 Å². The Morgan fingerprint density at radius 2 is 1.12 bits per heavy atom.